The van der Waals surface area contributed by atoms with Crippen LogP contribution >= 0.6 is 27.5 Å². The summed E-state index contributed by atoms with van der Waals surface area (Å²) in [5, 5.41) is 4.49. The number of halogens is 2. The molecule has 2 atom stereocenters. The molecule has 2 nitrogen and oxygen atoms in total. The van der Waals surface area contributed by atoms with Gasteiger partial charge in [0.15, 0.2) is 0 Å². The quantitative estimate of drug-likeness (QED) is 0.815. The minimum atomic E-state index is 0.110. The molecule has 1 heterocycles. The number of ether oxygens (including phenoxy) is 1. The molecule has 1 fully saturated rings. The van der Waals surface area contributed by atoms with Gasteiger partial charge in [0.25, 0.3) is 0 Å². The lowest BCUT2D eigenvalue weighted by molar-refractivity contribution is 0.0598. The predicted molar refractivity (Wildman–Crippen MR) is 93.1 cm³/mol. The van der Waals surface area contributed by atoms with Crippen LogP contribution in [0.25, 0.3) is 0 Å². The fourth-order valence-corrected chi connectivity index (χ4v) is 3.57. The van der Waals surface area contributed by atoms with Crippen molar-refractivity contribution in [2.75, 3.05) is 13.2 Å². The Balaban J connectivity index is 2.20. The number of hydrogen-bond acceptors (Lipinski definition) is 2. The van der Waals surface area contributed by atoms with Crippen LogP contribution in [0, 0.1) is 5.41 Å². The average molecular weight is 375 g/mol. The standard InChI is InChI=1S/C17H25BrClNO/c1-12-17(7-8-21-12,11-20-16(2,3)4)10-13-5-6-14(18)9-15(13)19/h5-6,9,12,20H,7-8,10-11H2,1-4H3. The number of hydrogen-bond donors (Lipinski definition) is 1. The molecule has 0 radical (unpaired) electrons. The topological polar surface area (TPSA) is 21.3 Å². The fourth-order valence-electron chi connectivity index (χ4n) is 2.83. The molecule has 0 aliphatic carbocycles. The summed E-state index contributed by atoms with van der Waals surface area (Å²) in [5.74, 6) is 0. The van der Waals surface area contributed by atoms with Gasteiger partial charge in [-0.25, -0.2) is 0 Å². The van der Waals surface area contributed by atoms with Crippen LogP contribution in [0.5, 0.6) is 0 Å². The first-order chi connectivity index (χ1) is 9.72. The van der Waals surface area contributed by atoms with Crippen molar-refractivity contribution in [3.05, 3.63) is 33.3 Å². The normalized spacial score (nSPS) is 26.3. The summed E-state index contributed by atoms with van der Waals surface area (Å²) >= 11 is 9.89. The van der Waals surface area contributed by atoms with E-state index in [1.54, 1.807) is 0 Å². The lowest BCUT2D eigenvalue weighted by Crippen LogP contribution is -2.47. The van der Waals surface area contributed by atoms with E-state index in [1.165, 1.54) is 5.56 Å². The summed E-state index contributed by atoms with van der Waals surface area (Å²) in [4.78, 5) is 0. The summed E-state index contributed by atoms with van der Waals surface area (Å²) in [6, 6.07) is 6.16. The van der Waals surface area contributed by atoms with E-state index in [1.807, 2.05) is 6.07 Å². The first-order valence-corrected chi connectivity index (χ1v) is 8.70. The van der Waals surface area contributed by atoms with E-state index in [-0.39, 0.29) is 17.1 Å². The summed E-state index contributed by atoms with van der Waals surface area (Å²) in [6.45, 7) is 10.6. The van der Waals surface area contributed by atoms with Crippen molar-refractivity contribution in [3.8, 4) is 0 Å². The molecule has 21 heavy (non-hydrogen) atoms. The molecular weight excluding hydrogens is 350 g/mol. The van der Waals surface area contributed by atoms with E-state index in [0.717, 1.165) is 35.5 Å². The van der Waals surface area contributed by atoms with Crippen LogP contribution in [-0.2, 0) is 11.2 Å². The molecule has 1 saturated heterocycles. The maximum absolute atomic E-state index is 6.42. The summed E-state index contributed by atoms with van der Waals surface area (Å²) < 4.78 is 6.90. The molecule has 1 aromatic carbocycles. The lowest BCUT2D eigenvalue weighted by Gasteiger charge is -2.36. The van der Waals surface area contributed by atoms with Crippen LogP contribution in [0.15, 0.2) is 22.7 Å². The minimum absolute atomic E-state index is 0.110. The summed E-state index contributed by atoms with van der Waals surface area (Å²) in [6.07, 6.45) is 2.26. The largest absolute Gasteiger partial charge is 0.378 e. The van der Waals surface area contributed by atoms with Crippen LogP contribution in [0.3, 0.4) is 0 Å². The van der Waals surface area contributed by atoms with E-state index in [2.05, 4.69) is 61.1 Å². The second-order valence-corrected chi connectivity index (χ2v) is 8.46. The number of benzene rings is 1. The third kappa shape index (κ3) is 4.44. The molecule has 2 unspecified atom stereocenters. The Morgan fingerprint density at radius 1 is 1.43 bits per heavy atom. The Hall–Kier alpha value is -0.0900. The van der Waals surface area contributed by atoms with Crippen molar-refractivity contribution in [2.24, 2.45) is 5.41 Å². The van der Waals surface area contributed by atoms with Crippen molar-refractivity contribution in [1.82, 2.24) is 5.32 Å². The second-order valence-electron chi connectivity index (χ2n) is 7.14. The maximum atomic E-state index is 6.42. The van der Waals surface area contributed by atoms with Crippen molar-refractivity contribution in [2.45, 2.75) is 52.2 Å². The maximum Gasteiger partial charge on any atom is 0.0619 e. The molecule has 0 spiro atoms. The Labute approximate surface area is 141 Å². The molecule has 118 valence electrons. The molecule has 1 aliphatic rings. The zero-order chi connectivity index (χ0) is 15.7. The monoisotopic (exact) mass is 373 g/mol. The lowest BCUT2D eigenvalue weighted by atomic mass is 9.75. The van der Waals surface area contributed by atoms with Gasteiger partial charge < -0.3 is 10.1 Å². The van der Waals surface area contributed by atoms with Gasteiger partial charge in [-0.15, -0.1) is 0 Å². The highest BCUT2D eigenvalue weighted by Gasteiger charge is 2.42. The average Bonchev–Trinajstić information content (AvgIpc) is 2.72. The molecule has 0 bridgehead atoms. The van der Waals surface area contributed by atoms with Crippen molar-refractivity contribution >= 4 is 27.5 Å². The van der Waals surface area contributed by atoms with Gasteiger partial charge in [0, 0.05) is 33.6 Å². The first-order valence-electron chi connectivity index (χ1n) is 7.52. The van der Waals surface area contributed by atoms with Crippen LogP contribution in [0.2, 0.25) is 5.02 Å². The highest BCUT2D eigenvalue weighted by Crippen LogP contribution is 2.40. The molecule has 1 aliphatic heterocycles. The van der Waals surface area contributed by atoms with Crippen LogP contribution < -0.4 is 5.32 Å². The summed E-state index contributed by atoms with van der Waals surface area (Å²) in [7, 11) is 0. The van der Waals surface area contributed by atoms with Gasteiger partial charge in [0.2, 0.25) is 0 Å². The zero-order valence-corrected chi connectivity index (χ0v) is 15.6. The number of nitrogens with one attached hydrogen (secondary N) is 1. The van der Waals surface area contributed by atoms with Crippen molar-refractivity contribution in [1.29, 1.82) is 0 Å². The molecule has 0 amide bonds. The number of rotatable bonds is 4. The summed E-state index contributed by atoms with van der Waals surface area (Å²) in [5.41, 5.74) is 1.43. The Morgan fingerprint density at radius 3 is 2.67 bits per heavy atom. The van der Waals surface area contributed by atoms with E-state index in [4.69, 9.17) is 16.3 Å². The van der Waals surface area contributed by atoms with Gasteiger partial charge in [0.05, 0.1) is 6.10 Å². The Bertz CT molecular complexity index is 500. The van der Waals surface area contributed by atoms with Crippen LogP contribution in [-0.4, -0.2) is 24.8 Å². The third-order valence-corrected chi connectivity index (χ3v) is 5.20. The molecule has 0 aromatic heterocycles. The molecule has 0 saturated carbocycles. The van der Waals surface area contributed by atoms with Crippen LogP contribution in [0.1, 0.15) is 39.7 Å². The van der Waals surface area contributed by atoms with Gasteiger partial charge in [-0.3, -0.25) is 0 Å². The fraction of sp³-hybridized carbons (Fsp3) is 0.647. The van der Waals surface area contributed by atoms with Crippen molar-refractivity contribution in [3.63, 3.8) is 0 Å². The zero-order valence-electron chi connectivity index (χ0n) is 13.3. The SMILES string of the molecule is CC1OCCC1(CNC(C)(C)C)Cc1ccc(Br)cc1Cl. The second kappa shape index (κ2) is 6.57. The highest BCUT2D eigenvalue weighted by molar-refractivity contribution is 9.10. The predicted octanol–water partition coefficient (Wildman–Crippen LogP) is 4.83. The highest BCUT2D eigenvalue weighted by atomic mass is 79.9. The van der Waals surface area contributed by atoms with Gasteiger partial charge in [-0.2, -0.15) is 0 Å². The Kier molecular flexibility index (Phi) is 5.40. The van der Waals surface area contributed by atoms with E-state index in [0.29, 0.717) is 0 Å². The van der Waals surface area contributed by atoms with Crippen molar-refractivity contribution < 1.29 is 4.74 Å². The molecule has 1 aromatic rings. The molecule has 4 heteroatoms. The van der Waals surface area contributed by atoms with Gasteiger partial charge >= 0.3 is 0 Å². The minimum Gasteiger partial charge on any atom is -0.378 e. The smallest absolute Gasteiger partial charge is 0.0619 e. The van der Waals surface area contributed by atoms with Gasteiger partial charge in [-0.05, 0) is 58.2 Å². The third-order valence-electron chi connectivity index (χ3n) is 4.36. The van der Waals surface area contributed by atoms with E-state index >= 15 is 0 Å². The molecule has 2 rings (SSSR count). The van der Waals surface area contributed by atoms with E-state index < -0.39 is 0 Å². The molecular formula is C17H25BrClNO. The molecule has 1 N–H and O–H groups in total. The van der Waals surface area contributed by atoms with Gasteiger partial charge in [-0.1, -0.05) is 33.6 Å². The first kappa shape index (κ1) is 17.3. The van der Waals surface area contributed by atoms with Gasteiger partial charge in [0.1, 0.15) is 0 Å². The Morgan fingerprint density at radius 2 is 2.14 bits per heavy atom. The van der Waals surface area contributed by atoms with E-state index in [9.17, 15) is 0 Å². The van der Waals surface area contributed by atoms with Crippen LogP contribution in [0.4, 0.5) is 0 Å².